The lowest BCUT2D eigenvalue weighted by molar-refractivity contribution is -0.385. The predicted molar refractivity (Wildman–Crippen MR) is 105 cm³/mol. The van der Waals surface area contributed by atoms with Crippen molar-refractivity contribution in [3.05, 3.63) is 64.2 Å². The van der Waals surface area contributed by atoms with Gasteiger partial charge < -0.3 is 9.64 Å². The average Bonchev–Trinajstić information content (AvgIpc) is 2.77. The van der Waals surface area contributed by atoms with E-state index in [4.69, 9.17) is 4.74 Å². The summed E-state index contributed by atoms with van der Waals surface area (Å²) in [5, 5.41) is 11.0. The number of rotatable bonds is 6. The molecule has 0 aromatic heterocycles. The average molecular weight is 473 g/mol. The van der Waals surface area contributed by atoms with Crippen molar-refractivity contribution in [2.45, 2.75) is 11.1 Å². The Balaban J connectivity index is 1.61. The number of sulfonamides is 1. The lowest BCUT2D eigenvalue weighted by atomic mass is 10.2. The molecular weight excluding hydrogens is 455 g/mol. The van der Waals surface area contributed by atoms with Gasteiger partial charge in [-0.25, -0.2) is 8.42 Å². The third-order valence-electron chi connectivity index (χ3n) is 4.80. The molecule has 32 heavy (non-hydrogen) atoms. The van der Waals surface area contributed by atoms with Crippen LogP contribution in [0.2, 0.25) is 0 Å². The molecule has 2 aromatic carbocycles. The van der Waals surface area contributed by atoms with E-state index in [9.17, 15) is 36.5 Å². The van der Waals surface area contributed by atoms with Gasteiger partial charge in [-0.15, -0.1) is 0 Å². The van der Waals surface area contributed by atoms with E-state index in [1.54, 1.807) is 0 Å². The van der Waals surface area contributed by atoms with Gasteiger partial charge in [-0.2, -0.15) is 17.5 Å². The van der Waals surface area contributed by atoms with E-state index in [-0.39, 0.29) is 37.6 Å². The summed E-state index contributed by atoms with van der Waals surface area (Å²) in [4.78, 5) is 23.6. The summed E-state index contributed by atoms with van der Waals surface area (Å²) >= 11 is 0. The van der Waals surface area contributed by atoms with Crippen molar-refractivity contribution in [2.75, 3.05) is 32.8 Å². The number of hydrogen-bond acceptors (Lipinski definition) is 6. The van der Waals surface area contributed by atoms with Gasteiger partial charge in [0.15, 0.2) is 12.4 Å². The zero-order valence-corrected chi connectivity index (χ0v) is 17.3. The second kappa shape index (κ2) is 9.12. The number of nitrogens with zero attached hydrogens (tertiary/aromatic N) is 3. The van der Waals surface area contributed by atoms with Crippen molar-refractivity contribution in [1.29, 1.82) is 0 Å². The Kier molecular flexibility index (Phi) is 6.69. The molecule has 3 rings (SSSR count). The molecule has 1 aliphatic rings. The van der Waals surface area contributed by atoms with E-state index in [2.05, 4.69) is 0 Å². The largest absolute Gasteiger partial charge is 0.477 e. The number of nitro groups is 1. The lowest BCUT2D eigenvalue weighted by Gasteiger charge is -2.34. The third kappa shape index (κ3) is 5.16. The highest BCUT2D eigenvalue weighted by atomic mass is 32.2. The molecule has 0 aliphatic carbocycles. The first kappa shape index (κ1) is 23.5. The van der Waals surface area contributed by atoms with Crippen LogP contribution in [0, 0.1) is 10.1 Å². The van der Waals surface area contributed by atoms with E-state index in [1.807, 2.05) is 0 Å². The molecule has 0 spiro atoms. The summed E-state index contributed by atoms with van der Waals surface area (Å²) in [6.07, 6.45) is -4.68. The number of alkyl halides is 3. The maximum atomic E-state index is 12.9. The minimum atomic E-state index is -4.68. The Morgan fingerprint density at radius 1 is 1.06 bits per heavy atom. The molecule has 0 unspecified atom stereocenters. The topological polar surface area (TPSA) is 110 Å². The first-order valence-corrected chi connectivity index (χ1v) is 10.8. The van der Waals surface area contributed by atoms with Crippen LogP contribution >= 0.6 is 0 Å². The van der Waals surface area contributed by atoms with Crippen molar-refractivity contribution in [1.82, 2.24) is 9.21 Å². The molecule has 172 valence electrons. The predicted octanol–water partition coefficient (Wildman–Crippen LogP) is 2.53. The van der Waals surface area contributed by atoms with Gasteiger partial charge in [0, 0.05) is 32.2 Å². The number of benzene rings is 2. The van der Waals surface area contributed by atoms with E-state index in [0.717, 1.165) is 22.5 Å². The molecule has 1 aliphatic heterocycles. The third-order valence-corrected chi connectivity index (χ3v) is 6.70. The number of carbonyl (C=O) groups is 1. The summed E-state index contributed by atoms with van der Waals surface area (Å²) in [7, 11) is -4.18. The van der Waals surface area contributed by atoms with Crippen LogP contribution in [0.15, 0.2) is 53.4 Å². The number of ether oxygens (including phenoxy) is 1. The van der Waals surface area contributed by atoms with E-state index < -0.39 is 44.1 Å². The molecular formula is C19H18F3N3O6S. The molecule has 9 nitrogen and oxygen atoms in total. The number of para-hydroxylation sites is 2. The molecule has 2 aromatic rings. The number of piperazine rings is 1. The number of nitro benzene ring substituents is 1. The van der Waals surface area contributed by atoms with Crippen LogP contribution in [-0.2, 0) is 21.0 Å². The quantitative estimate of drug-likeness (QED) is 0.471. The molecule has 1 fully saturated rings. The molecule has 1 amide bonds. The minimum absolute atomic E-state index is 0.00271. The second-order valence-electron chi connectivity index (χ2n) is 6.82. The van der Waals surface area contributed by atoms with Crippen LogP contribution < -0.4 is 4.74 Å². The smallest absolute Gasteiger partial charge is 0.416 e. The molecule has 0 radical (unpaired) electrons. The highest BCUT2D eigenvalue weighted by Crippen LogP contribution is 2.31. The Morgan fingerprint density at radius 2 is 1.72 bits per heavy atom. The van der Waals surface area contributed by atoms with E-state index >= 15 is 0 Å². The zero-order chi connectivity index (χ0) is 23.5. The van der Waals surface area contributed by atoms with Crippen molar-refractivity contribution >= 4 is 21.6 Å². The Bertz CT molecular complexity index is 1120. The van der Waals surface area contributed by atoms with Gasteiger partial charge in [-0.05, 0) is 24.3 Å². The first-order chi connectivity index (χ1) is 15.0. The van der Waals surface area contributed by atoms with E-state index in [1.165, 1.54) is 29.2 Å². The fourth-order valence-electron chi connectivity index (χ4n) is 3.12. The fourth-order valence-corrected chi connectivity index (χ4v) is 4.59. The van der Waals surface area contributed by atoms with Crippen molar-refractivity contribution in [2.24, 2.45) is 0 Å². The van der Waals surface area contributed by atoms with Crippen molar-refractivity contribution in [3.63, 3.8) is 0 Å². The van der Waals surface area contributed by atoms with Crippen LogP contribution in [0.4, 0.5) is 18.9 Å². The summed E-state index contributed by atoms with van der Waals surface area (Å²) < 4.78 is 70.4. The summed E-state index contributed by atoms with van der Waals surface area (Å²) in [5.74, 6) is -0.573. The molecule has 0 N–H and O–H groups in total. The van der Waals surface area contributed by atoms with Crippen LogP contribution in [-0.4, -0.2) is 61.2 Å². The SMILES string of the molecule is O=C(COc1ccccc1[N+](=O)[O-])N1CCN(S(=O)(=O)c2cccc(C(F)(F)F)c2)CC1. The molecule has 0 bridgehead atoms. The summed E-state index contributed by atoms with van der Waals surface area (Å²) in [6.45, 7) is -0.717. The number of amides is 1. The van der Waals surface area contributed by atoms with Crippen LogP contribution in [0.25, 0.3) is 0 Å². The van der Waals surface area contributed by atoms with Gasteiger partial charge >= 0.3 is 11.9 Å². The Morgan fingerprint density at radius 3 is 2.34 bits per heavy atom. The summed E-state index contributed by atoms with van der Waals surface area (Å²) in [5.41, 5.74) is -1.36. The number of halogens is 3. The minimum Gasteiger partial charge on any atom is -0.477 e. The molecule has 13 heteroatoms. The van der Waals surface area contributed by atoms with Crippen molar-refractivity contribution < 1.29 is 36.0 Å². The lowest BCUT2D eigenvalue weighted by Crippen LogP contribution is -2.51. The van der Waals surface area contributed by atoms with Crippen LogP contribution in [0.3, 0.4) is 0 Å². The van der Waals surface area contributed by atoms with Crippen LogP contribution in [0.1, 0.15) is 5.56 Å². The van der Waals surface area contributed by atoms with Gasteiger partial charge in [-0.3, -0.25) is 14.9 Å². The standard InChI is InChI=1S/C19H18F3N3O6S/c20-19(21,22)14-4-3-5-15(12-14)32(29,30)24-10-8-23(9-11-24)18(26)13-31-17-7-2-1-6-16(17)25(27)28/h1-7,12H,8-11,13H2. The Hall–Kier alpha value is -3.19. The molecule has 0 atom stereocenters. The fraction of sp³-hybridized carbons (Fsp3) is 0.316. The zero-order valence-electron chi connectivity index (χ0n) is 16.5. The van der Waals surface area contributed by atoms with Gasteiger partial charge in [0.1, 0.15) is 0 Å². The van der Waals surface area contributed by atoms with E-state index in [0.29, 0.717) is 6.07 Å². The van der Waals surface area contributed by atoms with Gasteiger partial charge in [-0.1, -0.05) is 18.2 Å². The maximum absolute atomic E-state index is 12.9. The highest BCUT2D eigenvalue weighted by Gasteiger charge is 2.34. The van der Waals surface area contributed by atoms with Gasteiger partial charge in [0.25, 0.3) is 5.91 Å². The maximum Gasteiger partial charge on any atom is 0.416 e. The van der Waals surface area contributed by atoms with Crippen LogP contribution in [0.5, 0.6) is 5.75 Å². The monoisotopic (exact) mass is 473 g/mol. The van der Waals surface area contributed by atoms with Gasteiger partial charge in [0.05, 0.1) is 15.4 Å². The molecule has 0 saturated carbocycles. The highest BCUT2D eigenvalue weighted by molar-refractivity contribution is 7.89. The molecule has 1 saturated heterocycles. The molecule has 1 heterocycles. The summed E-state index contributed by atoms with van der Waals surface area (Å²) in [6, 6.07) is 9.03. The van der Waals surface area contributed by atoms with Gasteiger partial charge in [0.2, 0.25) is 10.0 Å². The number of carbonyl (C=O) groups excluding carboxylic acids is 1. The second-order valence-corrected chi connectivity index (χ2v) is 8.76. The normalized spacial score (nSPS) is 15.4. The number of hydrogen-bond donors (Lipinski definition) is 0. The first-order valence-electron chi connectivity index (χ1n) is 9.31. The van der Waals surface area contributed by atoms with Crippen molar-refractivity contribution in [3.8, 4) is 5.75 Å². The Labute approximate surface area is 181 Å².